The molecule has 2 N–H and O–H groups in total. The lowest BCUT2D eigenvalue weighted by molar-refractivity contribution is 0.633. The Morgan fingerprint density at radius 2 is 2.12 bits per heavy atom. The molecule has 0 saturated heterocycles. The second-order valence-corrected chi connectivity index (χ2v) is 5.02. The van der Waals surface area contributed by atoms with Crippen LogP contribution in [0.2, 0.25) is 0 Å². The number of anilines is 1. The van der Waals surface area contributed by atoms with Crippen molar-refractivity contribution in [3.63, 3.8) is 0 Å². The first kappa shape index (κ1) is 12.3. The molecule has 2 rings (SSSR count). The third-order valence-corrected chi connectivity index (χ3v) is 3.33. The number of rotatable bonds is 2. The molecule has 0 aliphatic carbocycles. The fourth-order valence-electron chi connectivity index (χ4n) is 1.96. The molecule has 17 heavy (non-hydrogen) atoms. The van der Waals surface area contributed by atoms with Gasteiger partial charge in [0.1, 0.15) is 5.82 Å². The summed E-state index contributed by atoms with van der Waals surface area (Å²) in [6.07, 6.45) is 1.85. The number of hydrogen-bond donors (Lipinski definition) is 1. The van der Waals surface area contributed by atoms with Gasteiger partial charge in [-0.25, -0.2) is 4.39 Å². The van der Waals surface area contributed by atoms with Crippen molar-refractivity contribution in [2.24, 2.45) is 0 Å². The van der Waals surface area contributed by atoms with Crippen molar-refractivity contribution >= 4 is 32.5 Å². The van der Waals surface area contributed by atoms with Gasteiger partial charge in [0.05, 0.1) is 15.4 Å². The summed E-state index contributed by atoms with van der Waals surface area (Å²) >= 11 is 3.19. The van der Waals surface area contributed by atoms with Crippen molar-refractivity contribution in [3.05, 3.63) is 33.7 Å². The van der Waals surface area contributed by atoms with E-state index >= 15 is 0 Å². The summed E-state index contributed by atoms with van der Waals surface area (Å²) in [4.78, 5) is 4.49. The molecule has 1 heterocycles. The average molecular weight is 297 g/mol. The highest BCUT2D eigenvalue weighted by Gasteiger charge is 2.13. The largest absolute Gasteiger partial charge is 0.398 e. The Labute approximate surface area is 108 Å². The lowest BCUT2D eigenvalue weighted by atomic mass is 10.1. The van der Waals surface area contributed by atoms with Crippen LogP contribution in [0.4, 0.5) is 10.1 Å². The number of nitrogens with zero attached hydrogens (tertiary/aromatic N) is 1. The highest BCUT2D eigenvalue weighted by molar-refractivity contribution is 9.10. The second kappa shape index (κ2) is 4.61. The predicted molar refractivity (Wildman–Crippen MR) is 72.5 cm³/mol. The Balaban J connectivity index is 2.81. The number of halogens is 2. The third-order valence-electron chi connectivity index (χ3n) is 2.76. The van der Waals surface area contributed by atoms with E-state index < -0.39 is 0 Å². The van der Waals surface area contributed by atoms with Gasteiger partial charge in [-0.15, -0.1) is 0 Å². The van der Waals surface area contributed by atoms with Gasteiger partial charge in [-0.05, 0) is 47.0 Å². The lowest BCUT2D eigenvalue weighted by Gasteiger charge is -2.10. The molecule has 2 aromatic rings. The second-order valence-electron chi connectivity index (χ2n) is 4.17. The molecule has 0 aliphatic rings. The highest BCUT2D eigenvalue weighted by atomic mass is 79.9. The molecule has 0 amide bonds. The fraction of sp³-hybridized carbons (Fsp3) is 0.308. The number of nitrogen functional groups attached to an aromatic ring is 1. The monoisotopic (exact) mass is 296 g/mol. The molecule has 0 aliphatic heterocycles. The topological polar surface area (TPSA) is 38.9 Å². The van der Waals surface area contributed by atoms with Gasteiger partial charge in [-0.3, -0.25) is 4.98 Å². The molecule has 1 aromatic carbocycles. The van der Waals surface area contributed by atoms with E-state index in [4.69, 9.17) is 5.73 Å². The Hall–Kier alpha value is -1.16. The van der Waals surface area contributed by atoms with Crippen LogP contribution in [0.1, 0.15) is 24.6 Å². The minimum absolute atomic E-state index is 0.335. The van der Waals surface area contributed by atoms with E-state index in [9.17, 15) is 4.39 Å². The Kier molecular flexibility index (Phi) is 3.33. The first-order chi connectivity index (χ1) is 8.04. The number of nitrogens with two attached hydrogens (primary N) is 1. The van der Waals surface area contributed by atoms with Gasteiger partial charge in [-0.1, -0.05) is 13.3 Å². The highest BCUT2D eigenvalue weighted by Crippen LogP contribution is 2.31. The van der Waals surface area contributed by atoms with Crippen LogP contribution < -0.4 is 5.73 Å². The van der Waals surface area contributed by atoms with Gasteiger partial charge in [0.15, 0.2) is 0 Å². The molecule has 2 nitrogen and oxygen atoms in total. The van der Waals surface area contributed by atoms with E-state index in [0.717, 1.165) is 24.1 Å². The first-order valence-corrected chi connectivity index (χ1v) is 6.37. The van der Waals surface area contributed by atoms with Crippen LogP contribution >= 0.6 is 15.9 Å². The molecule has 0 atom stereocenters. The van der Waals surface area contributed by atoms with Crippen LogP contribution in [0.5, 0.6) is 0 Å². The van der Waals surface area contributed by atoms with E-state index in [1.807, 2.05) is 6.92 Å². The zero-order chi connectivity index (χ0) is 12.6. The molecule has 4 heteroatoms. The van der Waals surface area contributed by atoms with Gasteiger partial charge in [-0.2, -0.15) is 0 Å². The van der Waals surface area contributed by atoms with Crippen molar-refractivity contribution in [1.29, 1.82) is 0 Å². The maximum Gasteiger partial charge on any atom is 0.148 e. The minimum atomic E-state index is -0.335. The molecule has 0 unspecified atom stereocenters. The van der Waals surface area contributed by atoms with Crippen molar-refractivity contribution in [1.82, 2.24) is 4.98 Å². The zero-order valence-corrected chi connectivity index (χ0v) is 11.4. The van der Waals surface area contributed by atoms with Crippen LogP contribution in [0.25, 0.3) is 10.9 Å². The van der Waals surface area contributed by atoms with Crippen LogP contribution in [0, 0.1) is 12.7 Å². The maximum absolute atomic E-state index is 14.0. The molecular weight excluding hydrogens is 283 g/mol. The number of pyridine rings is 1. The molecule has 1 aromatic heterocycles. The molecule has 0 radical (unpaired) electrons. The number of fused-ring (bicyclic) bond motifs is 1. The van der Waals surface area contributed by atoms with E-state index in [-0.39, 0.29) is 5.82 Å². The van der Waals surface area contributed by atoms with Gasteiger partial charge in [0.2, 0.25) is 0 Å². The normalized spacial score (nSPS) is 11.1. The van der Waals surface area contributed by atoms with E-state index in [0.29, 0.717) is 21.1 Å². The summed E-state index contributed by atoms with van der Waals surface area (Å²) in [5, 5.41) is 0.414. The van der Waals surface area contributed by atoms with Crippen LogP contribution in [-0.4, -0.2) is 4.98 Å². The number of aryl methyl sites for hydroxylation is 2. The van der Waals surface area contributed by atoms with Gasteiger partial charge in [0, 0.05) is 11.4 Å². The van der Waals surface area contributed by atoms with E-state index in [1.54, 1.807) is 12.1 Å². The van der Waals surface area contributed by atoms with Gasteiger partial charge >= 0.3 is 0 Å². The van der Waals surface area contributed by atoms with Crippen molar-refractivity contribution in [2.75, 3.05) is 5.73 Å². The first-order valence-electron chi connectivity index (χ1n) is 5.58. The predicted octanol–water partition coefficient (Wildman–Crippen LogP) is 3.98. The van der Waals surface area contributed by atoms with E-state index in [2.05, 4.69) is 27.8 Å². The summed E-state index contributed by atoms with van der Waals surface area (Å²) < 4.78 is 14.4. The quantitative estimate of drug-likeness (QED) is 0.910. The Bertz CT molecular complexity index is 581. The molecular formula is C13H14BrFN2. The van der Waals surface area contributed by atoms with Crippen molar-refractivity contribution < 1.29 is 4.39 Å². The number of aromatic nitrogens is 1. The summed E-state index contributed by atoms with van der Waals surface area (Å²) in [6, 6.07) is 3.50. The van der Waals surface area contributed by atoms with E-state index in [1.165, 1.54) is 0 Å². The third kappa shape index (κ3) is 2.14. The minimum Gasteiger partial charge on any atom is -0.398 e. The Morgan fingerprint density at radius 3 is 2.76 bits per heavy atom. The number of hydrogen-bond acceptors (Lipinski definition) is 2. The standard InChI is InChI=1S/C13H14BrFN2/c1-3-4-8-6-10(16)11-12(15)9(14)5-7(2)13(11)17-8/h5-6H,3-4H2,1-2H3,(H2,16,17). The van der Waals surface area contributed by atoms with Gasteiger partial charge in [0.25, 0.3) is 0 Å². The fourth-order valence-corrected chi connectivity index (χ4v) is 2.50. The molecule has 0 saturated carbocycles. The summed E-state index contributed by atoms with van der Waals surface area (Å²) in [5.74, 6) is -0.335. The molecule has 0 spiro atoms. The summed E-state index contributed by atoms with van der Waals surface area (Å²) in [5.41, 5.74) is 8.89. The lowest BCUT2D eigenvalue weighted by Crippen LogP contribution is -1.99. The summed E-state index contributed by atoms with van der Waals surface area (Å²) in [6.45, 7) is 3.99. The van der Waals surface area contributed by atoms with Crippen molar-refractivity contribution in [3.8, 4) is 0 Å². The smallest absolute Gasteiger partial charge is 0.148 e. The van der Waals surface area contributed by atoms with Crippen LogP contribution in [0.15, 0.2) is 16.6 Å². The van der Waals surface area contributed by atoms with Crippen LogP contribution in [0.3, 0.4) is 0 Å². The Morgan fingerprint density at radius 1 is 1.41 bits per heavy atom. The maximum atomic E-state index is 14.0. The average Bonchev–Trinajstić information content (AvgIpc) is 2.26. The molecule has 0 fully saturated rings. The molecule has 0 bridgehead atoms. The number of benzene rings is 1. The SMILES string of the molecule is CCCc1cc(N)c2c(F)c(Br)cc(C)c2n1. The molecule has 90 valence electrons. The zero-order valence-electron chi connectivity index (χ0n) is 9.85. The van der Waals surface area contributed by atoms with Gasteiger partial charge < -0.3 is 5.73 Å². The van der Waals surface area contributed by atoms with Crippen LogP contribution in [-0.2, 0) is 6.42 Å². The summed E-state index contributed by atoms with van der Waals surface area (Å²) in [7, 11) is 0. The van der Waals surface area contributed by atoms with Crippen molar-refractivity contribution in [2.45, 2.75) is 26.7 Å².